The molecule has 0 aromatic heterocycles. The van der Waals surface area contributed by atoms with Gasteiger partial charge in [-0.2, -0.15) is 5.26 Å². The molecule has 0 spiro atoms. The third-order valence-corrected chi connectivity index (χ3v) is 1.98. The molecule has 0 saturated carbocycles. The molecule has 1 atom stereocenters. The van der Waals surface area contributed by atoms with E-state index in [1.165, 1.54) is 0 Å². The van der Waals surface area contributed by atoms with Gasteiger partial charge in [-0.1, -0.05) is 12.1 Å². The fourth-order valence-electron chi connectivity index (χ4n) is 0.757. The van der Waals surface area contributed by atoms with E-state index in [-0.39, 0.29) is 0 Å². The maximum absolute atomic E-state index is 8.50. The van der Waals surface area contributed by atoms with Gasteiger partial charge in [-0.05, 0) is 35.0 Å². The highest BCUT2D eigenvalue weighted by Crippen LogP contribution is 2.24. The zero-order valence-electron chi connectivity index (χ0n) is 6.62. The van der Waals surface area contributed by atoms with Crippen LogP contribution in [0.4, 0.5) is 0 Å². The van der Waals surface area contributed by atoms with Gasteiger partial charge in [0.1, 0.15) is 11.8 Å². The average molecular weight is 226 g/mol. The summed E-state index contributed by atoms with van der Waals surface area (Å²) in [6, 6.07) is 9.45. The number of para-hydroxylation sites is 1. The number of rotatable bonds is 2. The van der Waals surface area contributed by atoms with Crippen LogP contribution in [-0.4, -0.2) is 6.10 Å². The summed E-state index contributed by atoms with van der Waals surface area (Å²) in [6.45, 7) is 1.71. The molecule has 0 bridgehead atoms. The molecule has 1 rings (SSSR count). The Bertz CT molecular complexity index is 306. The second kappa shape index (κ2) is 4.13. The van der Waals surface area contributed by atoms with E-state index in [0.29, 0.717) is 5.75 Å². The highest BCUT2D eigenvalue weighted by molar-refractivity contribution is 9.10. The van der Waals surface area contributed by atoms with Crippen LogP contribution in [0.25, 0.3) is 0 Å². The van der Waals surface area contributed by atoms with Gasteiger partial charge in [-0.3, -0.25) is 0 Å². The first kappa shape index (κ1) is 9.08. The molecule has 0 fully saturated rings. The summed E-state index contributed by atoms with van der Waals surface area (Å²) in [7, 11) is 0. The van der Waals surface area contributed by atoms with E-state index in [9.17, 15) is 0 Å². The first-order valence-corrected chi connectivity index (χ1v) is 4.34. The molecule has 2 nitrogen and oxygen atoms in total. The quantitative estimate of drug-likeness (QED) is 0.776. The topological polar surface area (TPSA) is 33.0 Å². The van der Waals surface area contributed by atoms with Crippen LogP contribution in [0.5, 0.6) is 5.75 Å². The van der Waals surface area contributed by atoms with Gasteiger partial charge >= 0.3 is 0 Å². The lowest BCUT2D eigenvalue weighted by molar-refractivity contribution is 0.275. The SMILES string of the molecule is CC(C#N)Oc1ccccc1Br. The predicted octanol–water partition coefficient (Wildman–Crippen LogP) is 2.74. The molecule has 0 aliphatic heterocycles. The van der Waals surface area contributed by atoms with Gasteiger partial charge < -0.3 is 4.74 Å². The van der Waals surface area contributed by atoms with Gasteiger partial charge in [-0.25, -0.2) is 0 Å². The molecule has 62 valence electrons. The molecule has 0 radical (unpaired) electrons. The summed E-state index contributed by atoms with van der Waals surface area (Å²) in [5, 5.41) is 8.50. The van der Waals surface area contributed by atoms with Crippen molar-refractivity contribution in [2.45, 2.75) is 13.0 Å². The third-order valence-electron chi connectivity index (χ3n) is 1.32. The molecule has 12 heavy (non-hydrogen) atoms. The molecule has 0 heterocycles. The van der Waals surface area contributed by atoms with Gasteiger partial charge in [0.05, 0.1) is 4.47 Å². The minimum absolute atomic E-state index is 0.413. The monoisotopic (exact) mass is 225 g/mol. The van der Waals surface area contributed by atoms with Crippen LogP contribution in [0.15, 0.2) is 28.7 Å². The first-order chi connectivity index (χ1) is 5.74. The Hall–Kier alpha value is -1.01. The van der Waals surface area contributed by atoms with Gasteiger partial charge in [0, 0.05) is 0 Å². The zero-order valence-corrected chi connectivity index (χ0v) is 8.21. The lowest BCUT2D eigenvalue weighted by Gasteiger charge is -2.08. The van der Waals surface area contributed by atoms with Crippen molar-refractivity contribution in [3.63, 3.8) is 0 Å². The Morgan fingerprint density at radius 3 is 2.75 bits per heavy atom. The molecule has 0 amide bonds. The highest BCUT2D eigenvalue weighted by Gasteiger charge is 2.03. The Morgan fingerprint density at radius 2 is 2.17 bits per heavy atom. The van der Waals surface area contributed by atoms with E-state index in [0.717, 1.165) is 4.47 Å². The summed E-state index contributed by atoms with van der Waals surface area (Å²) in [5.74, 6) is 0.701. The van der Waals surface area contributed by atoms with Crippen LogP contribution in [0.3, 0.4) is 0 Å². The largest absolute Gasteiger partial charge is 0.475 e. The van der Waals surface area contributed by atoms with E-state index < -0.39 is 6.10 Å². The fraction of sp³-hybridized carbons (Fsp3) is 0.222. The average Bonchev–Trinajstić information content (AvgIpc) is 2.09. The number of benzene rings is 1. The highest BCUT2D eigenvalue weighted by atomic mass is 79.9. The number of hydrogen-bond acceptors (Lipinski definition) is 2. The Kier molecular flexibility index (Phi) is 3.12. The second-order valence-corrected chi connectivity index (χ2v) is 3.17. The second-order valence-electron chi connectivity index (χ2n) is 2.32. The summed E-state index contributed by atoms with van der Waals surface area (Å²) < 4.78 is 6.15. The van der Waals surface area contributed by atoms with E-state index in [1.54, 1.807) is 6.92 Å². The van der Waals surface area contributed by atoms with E-state index in [4.69, 9.17) is 10.00 Å². The van der Waals surface area contributed by atoms with E-state index >= 15 is 0 Å². The van der Waals surface area contributed by atoms with Gasteiger partial charge in [0.25, 0.3) is 0 Å². The van der Waals surface area contributed by atoms with Gasteiger partial charge in [-0.15, -0.1) is 0 Å². The van der Waals surface area contributed by atoms with Crippen molar-refractivity contribution in [2.24, 2.45) is 0 Å². The molecular formula is C9H8BrNO. The lowest BCUT2D eigenvalue weighted by atomic mass is 10.3. The van der Waals surface area contributed by atoms with Crippen molar-refractivity contribution in [2.75, 3.05) is 0 Å². The number of halogens is 1. The van der Waals surface area contributed by atoms with Crippen LogP contribution in [0.1, 0.15) is 6.92 Å². The fourth-order valence-corrected chi connectivity index (χ4v) is 1.14. The van der Waals surface area contributed by atoms with E-state index in [2.05, 4.69) is 15.9 Å². The van der Waals surface area contributed by atoms with E-state index in [1.807, 2.05) is 30.3 Å². The van der Waals surface area contributed by atoms with Crippen molar-refractivity contribution in [3.8, 4) is 11.8 Å². The minimum atomic E-state index is -0.413. The van der Waals surface area contributed by atoms with Crippen molar-refractivity contribution in [3.05, 3.63) is 28.7 Å². The minimum Gasteiger partial charge on any atom is -0.475 e. The van der Waals surface area contributed by atoms with Crippen molar-refractivity contribution in [1.29, 1.82) is 5.26 Å². The summed E-state index contributed by atoms with van der Waals surface area (Å²) >= 11 is 3.32. The van der Waals surface area contributed by atoms with Crippen LogP contribution >= 0.6 is 15.9 Å². The Morgan fingerprint density at radius 1 is 1.50 bits per heavy atom. The van der Waals surface area contributed by atoms with Crippen molar-refractivity contribution in [1.82, 2.24) is 0 Å². The smallest absolute Gasteiger partial charge is 0.181 e. The summed E-state index contributed by atoms with van der Waals surface area (Å²) in [6.07, 6.45) is -0.413. The van der Waals surface area contributed by atoms with Crippen LogP contribution in [-0.2, 0) is 0 Å². The third kappa shape index (κ3) is 2.24. The number of ether oxygens (including phenoxy) is 1. The van der Waals surface area contributed by atoms with Crippen LogP contribution in [0.2, 0.25) is 0 Å². The number of nitriles is 1. The Balaban J connectivity index is 2.77. The lowest BCUT2D eigenvalue weighted by Crippen LogP contribution is -2.08. The summed E-state index contributed by atoms with van der Waals surface area (Å²) in [4.78, 5) is 0. The molecule has 3 heteroatoms. The van der Waals surface area contributed by atoms with Crippen LogP contribution < -0.4 is 4.74 Å². The van der Waals surface area contributed by atoms with Crippen molar-refractivity contribution >= 4 is 15.9 Å². The molecule has 0 aliphatic carbocycles. The first-order valence-electron chi connectivity index (χ1n) is 3.55. The number of hydrogen-bond donors (Lipinski definition) is 0. The molecular weight excluding hydrogens is 218 g/mol. The molecule has 0 N–H and O–H groups in total. The normalized spacial score (nSPS) is 11.8. The molecule has 1 aromatic rings. The predicted molar refractivity (Wildman–Crippen MR) is 49.8 cm³/mol. The molecule has 1 unspecified atom stereocenters. The van der Waals surface area contributed by atoms with Gasteiger partial charge in [0.15, 0.2) is 6.10 Å². The molecule has 0 aliphatic rings. The molecule has 0 saturated heterocycles. The molecule has 1 aromatic carbocycles. The number of nitrogens with zero attached hydrogens (tertiary/aromatic N) is 1. The summed E-state index contributed by atoms with van der Waals surface area (Å²) in [5.41, 5.74) is 0. The van der Waals surface area contributed by atoms with Crippen LogP contribution in [0, 0.1) is 11.3 Å². The maximum atomic E-state index is 8.50. The Labute approximate surface area is 79.9 Å². The van der Waals surface area contributed by atoms with Gasteiger partial charge in [0.2, 0.25) is 0 Å². The zero-order chi connectivity index (χ0) is 8.97. The van der Waals surface area contributed by atoms with Crippen molar-refractivity contribution < 1.29 is 4.74 Å². The maximum Gasteiger partial charge on any atom is 0.181 e. The standard InChI is InChI=1S/C9H8BrNO/c1-7(6-11)12-9-5-3-2-4-8(9)10/h2-5,7H,1H3.